The van der Waals surface area contributed by atoms with Gasteiger partial charge in [-0.1, -0.05) is 0 Å². The lowest BCUT2D eigenvalue weighted by molar-refractivity contribution is 0.0389. The van der Waals surface area contributed by atoms with Crippen molar-refractivity contribution in [1.82, 2.24) is 20.4 Å². The summed E-state index contributed by atoms with van der Waals surface area (Å²) in [5, 5.41) is 6.82. The van der Waals surface area contributed by atoms with Gasteiger partial charge in [-0.3, -0.25) is 14.8 Å². The van der Waals surface area contributed by atoms with Crippen LogP contribution in [0.4, 0.5) is 5.69 Å². The number of methoxy groups -OCH3 is 1. The van der Waals surface area contributed by atoms with E-state index < -0.39 is 0 Å². The topological polar surface area (TPSA) is 64.6 Å². The van der Waals surface area contributed by atoms with Crippen LogP contribution in [0.3, 0.4) is 0 Å². The molecule has 0 aromatic heterocycles. The normalized spacial score (nSPS) is 18.8. The van der Waals surface area contributed by atoms with Gasteiger partial charge in [0.2, 0.25) is 0 Å². The van der Waals surface area contributed by atoms with E-state index >= 15 is 0 Å². The molecule has 1 aromatic carbocycles. The summed E-state index contributed by atoms with van der Waals surface area (Å²) in [4.78, 5) is 12.2. The van der Waals surface area contributed by atoms with Gasteiger partial charge in [0.1, 0.15) is 5.75 Å². The van der Waals surface area contributed by atoms with Crippen molar-refractivity contribution in [2.45, 2.75) is 13.3 Å². The number of ether oxygens (including phenoxy) is 2. The van der Waals surface area contributed by atoms with Crippen molar-refractivity contribution in [2.24, 2.45) is 4.99 Å². The zero-order valence-corrected chi connectivity index (χ0v) is 19.3. The number of rotatable bonds is 10. The highest BCUT2D eigenvalue weighted by Gasteiger charge is 2.16. The van der Waals surface area contributed by atoms with E-state index in [2.05, 4.69) is 44.4 Å². The van der Waals surface area contributed by atoms with E-state index in [1.54, 1.807) is 7.11 Å². The Labute approximate surface area is 187 Å². The van der Waals surface area contributed by atoms with Crippen LogP contribution in [0.5, 0.6) is 5.75 Å². The summed E-state index contributed by atoms with van der Waals surface area (Å²) >= 11 is 0. The largest absolute Gasteiger partial charge is 0.497 e. The summed E-state index contributed by atoms with van der Waals surface area (Å²) in [7, 11) is 1.71. The van der Waals surface area contributed by atoms with Gasteiger partial charge < -0.3 is 25.0 Å². The maximum absolute atomic E-state index is 5.41. The fourth-order valence-electron chi connectivity index (χ4n) is 4.01. The predicted molar refractivity (Wildman–Crippen MR) is 128 cm³/mol. The third-order valence-corrected chi connectivity index (χ3v) is 5.88. The second-order valence-electron chi connectivity index (χ2n) is 8.02. The Morgan fingerprint density at radius 1 is 0.968 bits per heavy atom. The van der Waals surface area contributed by atoms with Crippen molar-refractivity contribution in [2.75, 3.05) is 97.2 Å². The average molecular weight is 433 g/mol. The number of anilines is 1. The van der Waals surface area contributed by atoms with Crippen LogP contribution in [0.15, 0.2) is 29.3 Å². The zero-order valence-electron chi connectivity index (χ0n) is 19.3. The lowest BCUT2D eigenvalue weighted by Crippen LogP contribution is -2.46. The Bertz CT molecular complexity index is 640. The zero-order chi connectivity index (χ0) is 21.7. The van der Waals surface area contributed by atoms with Crippen molar-refractivity contribution < 1.29 is 9.47 Å². The number of piperazine rings is 1. The van der Waals surface area contributed by atoms with Crippen LogP contribution in [-0.2, 0) is 4.74 Å². The smallest absolute Gasteiger partial charge is 0.191 e. The predicted octanol–water partition coefficient (Wildman–Crippen LogP) is 1.09. The molecule has 8 nitrogen and oxygen atoms in total. The minimum absolute atomic E-state index is 0.850. The van der Waals surface area contributed by atoms with Crippen LogP contribution in [-0.4, -0.2) is 108 Å². The van der Waals surface area contributed by atoms with Crippen LogP contribution in [0.25, 0.3) is 0 Å². The first-order chi connectivity index (χ1) is 15.3. The van der Waals surface area contributed by atoms with Crippen molar-refractivity contribution in [3.8, 4) is 5.75 Å². The molecule has 31 heavy (non-hydrogen) atoms. The van der Waals surface area contributed by atoms with E-state index in [1.165, 1.54) is 5.69 Å². The molecule has 2 aliphatic heterocycles. The van der Waals surface area contributed by atoms with Crippen LogP contribution in [0.2, 0.25) is 0 Å². The maximum Gasteiger partial charge on any atom is 0.191 e. The molecular formula is C23H40N6O2. The number of benzene rings is 1. The quantitative estimate of drug-likeness (QED) is 0.326. The van der Waals surface area contributed by atoms with Crippen molar-refractivity contribution in [3.05, 3.63) is 24.3 Å². The van der Waals surface area contributed by atoms with Gasteiger partial charge in [-0.15, -0.1) is 0 Å². The second-order valence-corrected chi connectivity index (χ2v) is 8.02. The molecule has 0 aliphatic carbocycles. The highest BCUT2D eigenvalue weighted by atomic mass is 16.5. The number of guanidine groups is 1. The minimum Gasteiger partial charge on any atom is -0.497 e. The molecule has 2 aliphatic rings. The molecule has 3 rings (SSSR count). The van der Waals surface area contributed by atoms with Gasteiger partial charge in [-0.05, 0) is 37.6 Å². The molecule has 174 valence electrons. The molecule has 2 heterocycles. The highest BCUT2D eigenvalue weighted by molar-refractivity contribution is 5.79. The summed E-state index contributed by atoms with van der Waals surface area (Å²) in [6.07, 6.45) is 1.09. The van der Waals surface area contributed by atoms with E-state index in [4.69, 9.17) is 14.5 Å². The van der Waals surface area contributed by atoms with Crippen LogP contribution >= 0.6 is 0 Å². The molecule has 0 unspecified atom stereocenters. The maximum atomic E-state index is 5.41. The summed E-state index contributed by atoms with van der Waals surface area (Å²) < 4.78 is 10.7. The first kappa shape index (κ1) is 23.6. The molecule has 0 spiro atoms. The number of aliphatic imine (C=N–C) groups is 1. The van der Waals surface area contributed by atoms with Crippen molar-refractivity contribution in [3.63, 3.8) is 0 Å². The van der Waals surface area contributed by atoms with Gasteiger partial charge >= 0.3 is 0 Å². The first-order valence-electron chi connectivity index (χ1n) is 11.7. The summed E-state index contributed by atoms with van der Waals surface area (Å²) in [6.45, 7) is 15.0. The number of nitrogens with zero attached hydrogens (tertiary/aromatic N) is 4. The van der Waals surface area contributed by atoms with Gasteiger partial charge in [0.15, 0.2) is 5.96 Å². The summed E-state index contributed by atoms with van der Waals surface area (Å²) in [5.74, 6) is 1.84. The number of nitrogens with one attached hydrogen (secondary N) is 2. The number of morpholine rings is 1. The molecule has 2 saturated heterocycles. The third-order valence-electron chi connectivity index (χ3n) is 5.88. The highest BCUT2D eigenvalue weighted by Crippen LogP contribution is 2.20. The van der Waals surface area contributed by atoms with E-state index in [-0.39, 0.29) is 0 Å². The Balaban J connectivity index is 1.31. The van der Waals surface area contributed by atoms with E-state index in [9.17, 15) is 0 Å². The third kappa shape index (κ3) is 8.20. The van der Waals surface area contributed by atoms with Crippen LogP contribution in [0.1, 0.15) is 13.3 Å². The molecule has 0 atom stereocenters. The first-order valence-corrected chi connectivity index (χ1v) is 11.7. The van der Waals surface area contributed by atoms with E-state index in [0.29, 0.717) is 0 Å². The molecule has 8 heteroatoms. The molecule has 0 radical (unpaired) electrons. The lowest BCUT2D eigenvalue weighted by atomic mass is 10.2. The lowest BCUT2D eigenvalue weighted by Gasteiger charge is -2.36. The fourth-order valence-corrected chi connectivity index (χ4v) is 4.01. The molecule has 0 bridgehead atoms. The van der Waals surface area contributed by atoms with Gasteiger partial charge in [0.25, 0.3) is 0 Å². The minimum atomic E-state index is 0.850. The standard InChI is InChI=1S/C23H40N6O2/c1-3-24-23(26-10-12-28-17-19-31-20-18-28)25-9-4-11-27-13-15-29(16-14-27)21-5-7-22(30-2)8-6-21/h5-8H,3-4,9-20H2,1-2H3,(H2,24,25,26). The summed E-state index contributed by atoms with van der Waals surface area (Å²) in [6, 6.07) is 8.38. The van der Waals surface area contributed by atoms with Gasteiger partial charge in [0, 0.05) is 77.7 Å². The van der Waals surface area contributed by atoms with Crippen molar-refractivity contribution >= 4 is 11.6 Å². The van der Waals surface area contributed by atoms with E-state index in [1.807, 2.05) is 12.1 Å². The fraction of sp³-hybridized carbons (Fsp3) is 0.696. The van der Waals surface area contributed by atoms with Gasteiger partial charge in [0.05, 0.1) is 20.3 Å². The molecule has 2 N–H and O–H groups in total. The summed E-state index contributed by atoms with van der Waals surface area (Å²) in [5.41, 5.74) is 1.28. The monoisotopic (exact) mass is 432 g/mol. The molecular weight excluding hydrogens is 392 g/mol. The Morgan fingerprint density at radius 3 is 2.35 bits per heavy atom. The van der Waals surface area contributed by atoms with Crippen molar-refractivity contribution in [1.29, 1.82) is 0 Å². The van der Waals surface area contributed by atoms with E-state index in [0.717, 1.165) is 103 Å². The molecule has 0 saturated carbocycles. The second kappa shape index (κ2) is 13.4. The molecule has 0 amide bonds. The SMILES string of the molecule is CCNC(=NCCCN1CCN(c2ccc(OC)cc2)CC1)NCCN1CCOCC1. The van der Waals surface area contributed by atoms with Crippen LogP contribution < -0.4 is 20.3 Å². The van der Waals surface area contributed by atoms with Crippen LogP contribution in [0, 0.1) is 0 Å². The molecule has 1 aromatic rings. The van der Waals surface area contributed by atoms with Gasteiger partial charge in [-0.2, -0.15) is 0 Å². The molecule has 2 fully saturated rings. The Morgan fingerprint density at radius 2 is 1.68 bits per heavy atom. The number of hydrogen-bond acceptors (Lipinski definition) is 6. The number of hydrogen-bond donors (Lipinski definition) is 2. The Hall–Kier alpha value is -2.03. The Kier molecular flexibility index (Phi) is 10.2. The average Bonchev–Trinajstić information content (AvgIpc) is 2.83. The van der Waals surface area contributed by atoms with Gasteiger partial charge in [-0.25, -0.2) is 0 Å².